The van der Waals surface area contributed by atoms with Crippen LogP contribution in [0.5, 0.6) is 0 Å². The second-order valence-corrected chi connectivity index (χ2v) is 5.22. The third-order valence-electron chi connectivity index (χ3n) is 0.749. The summed E-state index contributed by atoms with van der Waals surface area (Å²) in [4.78, 5) is -0.340. The summed E-state index contributed by atoms with van der Waals surface area (Å²) in [6, 6.07) is 0. The fraction of sp³-hybridized carbons (Fsp3) is 0.333. The van der Waals surface area contributed by atoms with Crippen LogP contribution in [0.25, 0.3) is 0 Å². The molecule has 6 nitrogen and oxygen atoms in total. The van der Waals surface area contributed by atoms with Crippen LogP contribution in [-0.4, -0.2) is 31.7 Å². The molecule has 0 aromatic rings. The molecule has 0 rings (SSSR count). The van der Waals surface area contributed by atoms with Crippen molar-refractivity contribution in [2.75, 3.05) is 5.75 Å². The molecule has 10 heteroatoms. The van der Waals surface area contributed by atoms with Gasteiger partial charge in [-0.3, -0.25) is 0 Å². The summed E-state index contributed by atoms with van der Waals surface area (Å²) in [6.45, 7) is 7.15. The van der Waals surface area contributed by atoms with Crippen LogP contribution in [0.4, 0.5) is 0 Å². The first-order valence-electron chi connectivity index (χ1n) is 3.16. The molecule has 0 spiro atoms. The van der Waals surface area contributed by atoms with Crippen molar-refractivity contribution in [3.05, 3.63) is 24.1 Å². The van der Waals surface area contributed by atoms with Crippen molar-refractivity contribution in [3.63, 3.8) is 0 Å². The smallest absolute Gasteiger partial charge is 0.748 e. The predicted octanol–water partition coefficient (Wildman–Crippen LogP) is -6.21. The van der Waals surface area contributed by atoms with Gasteiger partial charge in [-0.15, -0.1) is 6.58 Å². The molecule has 0 saturated carbocycles. The van der Waals surface area contributed by atoms with E-state index in [9.17, 15) is 25.9 Å². The van der Waals surface area contributed by atoms with E-state index >= 15 is 0 Å². The third-order valence-corrected chi connectivity index (χ3v) is 2.25. The number of hydrogen-bond acceptors (Lipinski definition) is 6. The maximum atomic E-state index is 9.68. The molecule has 0 aliphatic heterocycles. The van der Waals surface area contributed by atoms with Gasteiger partial charge in [0.1, 0.15) is 10.1 Å². The maximum Gasteiger partial charge on any atom is 1.00 e. The minimum Gasteiger partial charge on any atom is -0.748 e. The Kier molecular flexibility index (Phi) is 18.5. The fourth-order valence-corrected chi connectivity index (χ4v) is 0.433. The summed E-state index contributed by atoms with van der Waals surface area (Å²) < 4.78 is 57.8. The van der Waals surface area contributed by atoms with Crippen molar-refractivity contribution in [1.82, 2.24) is 0 Å². The van der Waals surface area contributed by atoms with Crippen LogP contribution in [0.3, 0.4) is 0 Å². The molecule has 0 unspecified atom stereocenters. The number of rotatable bonds is 3. The van der Waals surface area contributed by atoms with E-state index in [1.54, 1.807) is 0 Å². The Bertz CT molecular complexity index is 397. The Morgan fingerprint density at radius 3 is 1.44 bits per heavy atom. The van der Waals surface area contributed by atoms with Gasteiger partial charge in [-0.05, 0) is 6.92 Å². The van der Waals surface area contributed by atoms with Crippen molar-refractivity contribution in [2.45, 2.75) is 6.92 Å². The van der Waals surface area contributed by atoms with E-state index in [0.29, 0.717) is 0 Å². The average molecular weight is 288 g/mol. The Morgan fingerprint density at radius 2 is 1.44 bits per heavy atom. The minimum absolute atomic E-state index is 0. The molecule has 0 aromatic carbocycles. The largest absolute Gasteiger partial charge is 1.00 e. The van der Waals surface area contributed by atoms with Gasteiger partial charge in [0.2, 0.25) is 0 Å². The first kappa shape index (κ1) is 26.0. The molecule has 0 aliphatic rings. The van der Waals surface area contributed by atoms with Gasteiger partial charge in [0.15, 0.2) is 0 Å². The molecule has 0 aliphatic carbocycles. The van der Waals surface area contributed by atoms with Crippen LogP contribution in [-0.2, 0) is 20.2 Å². The van der Waals surface area contributed by atoms with E-state index in [1.807, 2.05) is 0 Å². The molecule has 16 heavy (non-hydrogen) atoms. The van der Waals surface area contributed by atoms with E-state index in [2.05, 4.69) is 13.2 Å². The molecule has 0 saturated heterocycles. The van der Waals surface area contributed by atoms with Crippen LogP contribution in [0.15, 0.2) is 24.1 Å². The zero-order chi connectivity index (χ0) is 12.0. The first-order valence-corrected chi connectivity index (χ1v) is 6.15. The zero-order valence-electron chi connectivity index (χ0n) is 9.46. The molecule has 0 fully saturated rings. The van der Waals surface area contributed by atoms with E-state index in [0.717, 1.165) is 13.0 Å². The van der Waals surface area contributed by atoms with Crippen LogP contribution in [0, 0.1) is 0 Å². The summed E-state index contributed by atoms with van der Waals surface area (Å²) in [7, 11) is -8.23. The standard InChI is InChI=1S/2C3H6O3S.2Na/c1-3(2)7(4,5)6;1-2-3-7(4,5)6;;/h1H2,2H3,(H,4,5,6);2H,1,3H2,(H,4,5,6);;/q;;2*+1/p-2. The van der Waals surface area contributed by atoms with E-state index in [-0.39, 0.29) is 64.0 Å². The fourth-order valence-electron chi connectivity index (χ4n) is 0.144. The van der Waals surface area contributed by atoms with Crippen molar-refractivity contribution in [1.29, 1.82) is 0 Å². The third kappa shape index (κ3) is 24.5. The number of allylic oxidation sites excluding steroid dienone is 1. The topological polar surface area (TPSA) is 114 Å². The van der Waals surface area contributed by atoms with E-state index in [4.69, 9.17) is 0 Å². The zero-order valence-corrected chi connectivity index (χ0v) is 15.1. The number of hydrogen-bond donors (Lipinski definition) is 0. The van der Waals surface area contributed by atoms with Gasteiger partial charge < -0.3 is 9.11 Å². The molecular formula is C6H10Na2O6S2. The van der Waals surface area contributed by atoms with Gasteiger partial charge in [-0.2, -0.15) is 0 Å². The molecule has 0 amide bonds. The van der Waals surface area contributed by atoms with Gasteiger partial charge in [0.05, 0.1) is 15.9 Å². The Hall–Kier alpha value is 1.30. The van der Waals surface area contributed by atoms with Gasteiger partial charge in [0, 0.05) is 4.91 Å². The van der Waals surface area contributed by atoms with Crippen LogP contribution < -0.4 is 59.1 Å². The molecule has 0 aromatic heterocycles. The van der Waals surface area contributed by atoms with Crippen molar-refractivity contribution in [2.24, 2.45) is 0 Å². The first-order chi connectivity index (χ1) is 6.00. The second kappa shape index (κ2) is 11.4. The molecule has 0 radical (unpaired) electrons. The summed E-state index contributed by atoms with van der Waals surface area (Å²) in [6.07, 6.45) is 1.06. The van der Waals surface area contributed by atoms with Gasteiger partial charge in [-0.25, -0.2) is 16.8 Å². The Balaban J connectivity index is -0.0000000800. The molecular weight excluding hydrogens is 278 g/mol. The second-order valence-electron chi connectivity index (χ2n) is 2.17. The normalized spacial score (nSPS) is 9.69. The maximum absolute atomic E-state index is 9.68. The van der Waals surface area contributed by atoms with Crippen LogP contribution in [0.2, 0.25) is 0 Å². The van der Waals surface area contributed by atoms with Crippen molar-refractivity contribution >= 4 is 20.2 Å². The summed E-state index contributed by atoms with van der Waals surface area (Å²) in [5, 5.41) is 0. The van der Waals surface area contributed by atoms with Crippen LogP contribution in [0.1, 0.15) is 6.92 Å². The molecule has 0 atom stereocenters. The van der Waals surface area contributed by atoms with Crippen LogP contribution >= 0.6 is 0 Å². The summed E-state index contributed by atoms with van der Waals surface area (Å²) >= 11 is 0. The summed E-state index contributed by atoms with van der Waals surface area (Å²) in [5.74, 6) is -0.479. The monoisotopic (exact) mass is 288 g/mol. The van der Waals surface area contributed by atoms with Gasteiger partial charge in [0.25, 0.3) is 0 Å². The summed E-state index contributed by atoms with van der Waals surface area (Å²) in [5.41, 5.74) is 0. The Morgan fingerprint density at radius 1 is 1.19 bits per heavy atom. The minimum atomic E-state index is -4.19. The quantitative estimate of drug-likeness (QED) is 0.290. The van der Waals surface area contributed by atoms with E-state index < -0.39 is 26.0 Å². The molecule has 84 valence electrons. The average Bonchev–Trinajstić information content (AvgIpc) is 1.82. The van der Waals surface area contributed by atoms with Gasteiger partial charge in [-0.1, -0.05) is 12.7 Å². The van der Waals surface area contributed by atoms with Crippen molar-refractivity contribution < 1.29 is 85.1 Å². The molecule has 0 bridgehead atoms. The predicted molar refractivity (Wildman–Crippen MR) is 49.3 cm³/mol. The van der Waals surface area contributed by atoms with E-state index in [1.165, 1.54) is 0 Å². The van der Waals surface area contributed by atoms with Gasteiger partial charge >= 0.3 is 59.1 Å². The van der Waals surface area contributed by atoms with Crippen molar-refractivity contribution in [3.8, 4) is 0 Å². The SMILES string of the molecule is C=C(C)S(=O)(=O)[O-].C=CCS(=O)(=O)[O-].[Na+].[Na+]. The Labute approximate surface area is 140 Å². The molecule has 0 heterocycles. The molecule has 0 N–H and O–H groups in total.